The van der Waals surface area contributed by atoms with Crippen LogP contribution in [0.25, 0.3) is 33.6 Å². The predicted molar refractivity (Wildman–Crippen MR) is 118 cm³/mol. The molecule has 4 heterocycles. The Morgan fingerprint density at radius 1 is 1.16 bits per heavy atom. The normalized spacial score (nSPS) is 14.9. The average molecular weight is 419 g/mol. The second-order valence-electron chi connectivity index (χ2n) is 7.95. The largest absolute Gasteiger partial charge is 0.474 e. The number of piperidine rings is 1. The van der Waals surface area contributed by atoms with Gasteiger partial charge in [0, 0.05) is 28.7 Å². The van der Waals surface area contributed by atoms with E-state index in [4.69, 9.17) is 9.15 Å². The zero-order chi connectivity index (χ0) is 21.2. The highest BCUT2D eigenvalue weighted by atomic mass is 16.5. The molecule has 1 aromatic carbocycles. The third kappa shape index (κ3) is 4.22. The zero-order valence-corrected chi connectivity index (χ0v) is 17.6. The van der Waals surface area contributed by atoms with Crippen molar-refractivity contribution < 1.29 is 9.15 Å². The van der Waals surface area contributed by atoms with Crippen molar-refractivity contribution >= 4 is 16.9 Å². The molecule has 0 amide bonds. The van der Waals surface area contributed by atoms with E-state index in [1.165, 1.54) is 0 Å². The summed E-state index contributed by atoms with van der Waals surface area (Å²) in [6.45, 7) is 5.92. The summed E-state index contributed by atoms with van der Waals surface area (Å²) in [5, 5.41) is 16.1. The molecule has 9 nitrogen and oxygen atoms in total. The van der Waals surface area contributed by atoms with Gasteiger partial charge in [0.05, 0.1) is 29.8 Å². The summed E-state index contributed by atoms with van der Waals surface area (Å²) < 4.78 is 11.6. The number of nitrogens with zero attached hydrogens (tertiary/aromatic N) is 4. The van der Waals surface area contributed by atoms with Gasteiger partial charge in [-0.05, 0) is 51.9 Å². The molecular weight excluding hydrogens is 394 g/mol. The number of H-pyrrole nitrogens is 1. The average Bonchev–Trinajstić information content (AvgIpc) is 3.40. The molecule has 0 bridgehead atoms. The first-order valence-corrected chi connectivity index (χ1v) is 10.6. The molecule has 0 radical (unpaired) electrons. The first kappa shape index (κ1) is 19.5. The lowest BCUT2D eigenvalue weighted by Gasteiger charge is -2.22. The number of nitrogens with one attached hydrogen (secondary N) is 3. The van der Waals surface area contributed by atoms with E-state index >= 15 is 0 Å². The third-order valence-electron chi connectivity index (χ3n) is 5.27. The van der Waals surface area contributed by atoms with Crippen LogP contribution in [0.5, 0.6) is 5.88 Å². The molecule has 4 aromatic rings. The van der Waals surface area contributed by atoms with E-state index in [2.05, 4.69) is 41.8 Å². The van der Waals surface area contributed by atoms with E-state index in [1.807, 2.05) is 32.2 Å². The van der Waals surface area contributed by atoms with Crippen LogP contribution >= 0.6 is 0 Å². The topological polar surface area (TPSA) is 114 Å². The summed E-state index contributed by atoms with van der Waals surface area (Å²) in [4.78, 5) is 12.1. The van der Waals surface area contributed by atoms with Gasteiger partial charge in [0.15, 0.2) is 0 Å². The number of ether oxygens (including phenoxy) is 1. The lowest BCUT2D eigenvalue weighted by Crippen LogP contribution is -2.35. The summed E-state index contributed by atoms with van der Waals surface area (Å²) >= 11 is 0. The summed E-state index contributed by atoms with van der Waals surface area (Å²) in [6.07, 6.45) is 7.35. The van der Waals surface area contributed by atoms with Crippen LogP contribution in [0.1, 0.15) is 26.7 Å². The molecule has 1 aliphatic rings. The zero-order valence-electron chi connectivity index (χ0n) is 17.6. The molecule has 3 aromatic heterocycles. The maximum absolute atomic E-state index is 5.93. The number of aromatic nitrogens is 5. The summed E-state index contributed by atoms with van der Waals surface area (Å²) in [5.41, 5.74) is 3.51. The van der Waals surface area contributed by atoms with E-state index in [-0.39, 0.29) is 6.10 Å². The molecule has 9 heteroatoms. The minimum absolute atomic E-state index is 0.0357. The van der Waals surface area contributed by atoms with Gasteiger partial charge in [-0.3, -0.25) is 4.98 Å². The molecule has 160 valence electrons. The molecule has 5 rings (SSSR count). The Hall–Kier alpha value is -3.46. The van der Waals surface area contributed by atoms with Gasteiger partial charge in [0.2, 0.25) is 5.88 Å². The van der Waals surface area contributed by atoms with Crippen LogP contribution in [-0.4, -0.2) is 50.4 Å². The lowest BCUT2D eigenvalue weighted by molar-refractivity contribution is 0.232. The highest BCUT2D eigenvalue weighted by Gasteiger charge is 2.18. The monoisotopic (exact) mass is 419 g/mol. The van der Waals surface area contributed by atoms with E-state index in [0.717, 1.165) is 53.7 Å². The van der Waals surface area contributed by atoms with Crippen LogP contribution in [-0.2, 0) is 0 Å². The molecule has 0 aliphatic carbocycles. The molecule has 31 heavy (non-hydrogen) atoms. The van der Waals surface area contributed by atoms with Crippen LogP contribution < -0.4 is 15.4 Å². The van der Waals surface area contributed by atoms with E-state index in [1.54, 1.807) is 12.4 Å². The number of hydrogen-bond acceptors (Lipinski definition) is 8. The molecule has 1 saturated heterocycles. The molecule has 0 spiro atoms. The first-order chi connectivity index (χ1) is 15.2. The third-order valence-corrected chi connectivity index (χ3v) is 5.27. The Balaban J connectivity index is 1.43. The fourth-order valence-corrected chi connectivity index (χ4v) is 3.77. The van der Waals surface area contributed by atoms with Crippen molar-refractivity contribution in [3.8, 4) is 28.6 Å². The van der Waals surface area contributed by atoms with E-state index < -0.39 is 0 Å². The number of hydrogen-bond donors (Lipinski definition) is 3. The van der Waals surface area contributed by atoms with Crippen molar-refractivity contribution in [2.45, 2.75) is 38.8 Å². The van der Waals surface area contributed by atoms with Crippen LogP contribution in [0, 0.1) is 0 Å². The molecule has 0 unspecified atom stereocenters. The minimum Gasteiger partial charge on any atom is -0.474 e. The minimum atomic E-state index is 0.0357. The van der Waals surface area contributed by atoms with Crippen molar-refractivity contribution in [1.29, 1.82) is 0 Å². The maximum atomic E-state index is 5.93. The second kappa shape index (κ2) is 8.35. The quantitative estimate of drug-likeness (QED) is 0.434. The van der Waals surface area contributed by atoms with Gasteiger partial charge in [0.1, 0.15) is 0 Å². The number of fused-ring (bicyclic) bond motifs is 1. The first-order valence-electron chi connectivity index (χ1n) is 10.6. The number of aromatic amines is 1. The standard InChI is InChI=1S/C22H25N7O2/c1-13(2)30-20-12-24-11-19(27-20)14-3-4-18-16(9-14)17(10-25-18)21-28-29-22(31-21)26-15-5-7-23-8-6-15/h3-4,9-13,15,23,25H,5-8H2,1-2H3,(H,26,29). The Morgan fingerprint density at radius 3 is 2.87 bits per heavy atom. The predicted octanol–water partition coefficient (Wildman–Crippen LogP) is 3.63. The number of benzene rings is 1. The number of rotatable bonds is 6. The molecule has 3 N–H and O–H groups in total. The molecular formula is C22H25N7O2. The molecule has 1 fully saturated rings. The Morgan fingerprint density at radius 2 is 2.03 bits per heavy atom. The van der Waals surface area contributed by atoms with Crippen LogP contribution in [0.3, 0.4) is 0 Å². The molecule has 0 atom stereocenters. The van der Waals surface area contributed by atoms with Crippen LogP contribution in [0.15, 0.2) is 41.2 Å². The van der Waals surface area contributed by atoms with Crippen molar-refractivity contribution in [3.05, 3.63) is 36.8 Å². The fraction of sp³-hybridized carbons (Fsp3) is 0.364. The summed E-state index contributed by atoms with van der Waals surface area (Å²) in [6, 6.07) is 6.87. The fourth-order valence-electron chi connectivity index (χ4n) is 3.77. The lowest BCUT2D eigenvalue weighted by atomic mass is 10.1. The van der Waals surface area contributed by atoms with Gasteiger partial charge in [-0.15, -0.1) is 5.10 Å². The Kier molecular flexibility index (Phi) is 5.25. The number of anilines is 1. The summed E-state index contributed by atoms with van der Waals surface area (Å²) in [5.74, 6) is 0.982. The Labute approximate surface area is 179 Å². The highest BCUT2D eigenvalue weighted by molar-refractivity contribution is 5.96. The van der Waals surface area contributed by atoms with Gasteiger partial charge in [-0.1, -0.05) is 11.2 Å². The van der Waals surface area contributed by atoms with Gasteiger partial charge >= 0.3 is 6.01 Å². The summed E-state index contributed by atoms with van der Waals surface area (Å²) in [7, 11) is 0. The van der Waals surface area contributed by atoms with Gasteiger partial charge < -0.3 is 24.8 Å². The van der Waals surface area contributed by atoms with Crippen LogP contribution in [0.4, 0.5) is 6.01 Å². The molecule has 0 saturated carbocycles. The van der Waals surface area contributed by atoms with Crippen molar-refractivity contribution in [1.82, 2.24) is 30.5 Å². The van der Waals surface area contributed by atoms with Gasteiger partial charge in [-0.2, -0.15) is 0 Å². The van der Waals surface area contributed by atoms with Crippen LogP contribution in [0.2, 0.25) is 0 Å². The van der Waals surface area contributed by atoms with E-state index in [0.29, 0.717) is 23.8 Å². The van der Waals surface area contributed by atoms with Gasteiger partial charge in [-0.25, -0.2) is 4.98 Å². The second-order valence-corrected chi connectivity index (χ2v) is 7.95. The van der Waals surface area contributed by atoms with Crippen molar-refractivity contribution in [2.75, 3.05) is 18.4 Å². The van der Waals surface area contributed by atoms with Crippen molar-refractivity contribution in [3.63, 3.8) is 0 Å². The van der Waals surface area contributed by atoms with E-state index in [9.17, 15) is 0 Å². The molecule has 1 aliphatic heterocycles. The maximum Gasteiger partial charge on any atom is 0.315 e. The smallest absolute Gasteiger partial charge is 0.315 e. The Bertz CT molecular complexity index is 1180. The highest BCUT2D eigenvalue weighted by Crippen LogP contribution is 2.32. The van der Waals surface area contributed by atoms with Crippen molar-refractivity contribution in [2.24, 2.45) is 0 Å². The van der Waals surface area contributed by atoms with Gasteiger partial charge in [0.25, 0.3) is 5.89 Å². The SMILES string of the molecule is CC(C)Oc1cncc(-c2ccc3[nH]cc(-c4nnc(NC5CCNCC5)o4)c3c2)n1.